The Hall–Kier alpha value is -1.09. The Balaban J connectivity index is 2.70. The van der Waals surface area contributed by atoms with Crippen molar-refractivity contribution in [2.75, 3.05) is 25.0 Å². The second-order valence-corrected chi connectivity index (χ2v) is 4.54. The molecule has 96 valence electrons. The first-order valence-corrected chi connectivity index (χ1v) is 6.59. The van der Waals surface area contributed by atoms with Crippen molar-refractivity contribution in [3.05, 3.63) is 23.9 Å². The minimum absolute atomic E-state index is 0.395. The van der Waals surface area contributed by atoms with Crippen molar-refractivity contribution in [1.82, 2.24) is 10.3 Å². The zero-order valence-electron chi connectivity index (χ0n) is 11.5. The van der Waals surface area contributed by atoms with Crippen molar-refractivity contribution in [1.29, 1.82) is 0 Å². The summed E-state index contributed by atoms with van der Waals surface area (Å²) in [7, 11) is 2.10. The van der Waals surface area contributed by atoms with E-state index in [-0.39, 0.29) is 0 Å². The van der Waals surface area contributed by atoms with Crippen LogP contribution in [0, 0.1) is 0 Å². The van der Waals surface area contributed by atoms with E-state index in [0.717, 1.165) is 31.7 Å². The van der Waals surface area contributed by atoms with Crippen LogP contribution < -0.4 is 10.2 Å². The van der Waals surface area contributed by atoms with Gasteiger partial charge >= 0.3 is 0 Å². The number of rotatable bonds is 7. The van der Waals surface area contributed by atoms with Gasteiger partial charge < -0.3 is 10.2 Å². The van der Waals surface area contributed by atoms with E-state index < -0.39 is 0 Å². The number of nitrogens with one attached hydrogen (secondary N) is 1. The summed E-state index contributed by atoms with van der Waals surface area (Å²) in [6.07, 6.45) is 4.21. The Morgan fingerprint density at radius 2 is 2.12 bits per heavy atom. The van der Waals surface area contributed by atoms with E-state index in [1.54, 1.807) is 0 Å². The van der Waals surface area contributed by atoms with Gasteiger partial charge in [0.05, 0.1) is 0 Å². The molecule has 17 heavy (non-hydrogen) atoms. The summed E-state index contributed by atoms with van der Waals surface area (Å²) in [5, 5.41) is 3.50. The SMILES string of the molecule is CCCNC(C)c1ccnc(N(C)CCC)c1. The van der Waals surface area contributed by atoms with Gasteiger partial charge in [-0.15, -0.1) is 0 Å². The summed E-state index contributed by atoms with van der Waals surface area (Å²) >= 11 is 0. The highest BCUT2D eigenvalue weighted by Crippen LogP contribution is 2.17. The maximum Gasteiger partial charge on any atom is 0.128 e. The summed E-state index contributed by atoms with van der Waals surface area (Å²) < 4.78 is 0. The van der Waals surface area contributed by atoms with Crippen LogP contribution in [-0.4, -0.2) is 25.1 Å². The van der Waals surface area contributed by atoms with Gasteiger partial charge in [-0.05, 0) is 44.0 Å². The van der Waals surface area contributed by atoms with E-state index >= 15 is 0 Å². The van der Waals surface area contributed by atoms with Crippen LogP contribution in [0.3, 0.4) is 0 Å². The lowest BCUT2D eigenvalue weighted by Crippen LogP contribution is -2.22. The maximum absolute atomic E-state index is 4.42. The average Bonchev–Trinajstić information content (AvgIpc) is 2.36. The summed E-state index contributed by atoms with van der Waals surface area (Å²) in [6.45, 7) is 8.68. The number of pyridine rings is 1. The Kier molecular flexibility index (Phi) is 5.98. The average molecular weight is 235 g/mol. The maximum atomic E-state index is 4.42. The molecule has 1 aromatic rings. The van der Waals surface area contributed by atoms with Gasteiger partial charge in [-0.3, -0.25) is 0 Å². The zero-order chi connectivity index (χ0) is 12.7. The highest BCUT2D eigenvalue weighted by molar-refractivity contribution is 5.40. The molecule has 3 nitrogen and oxygen atoms in total. The number of aromatic nitrogens is 1. The molecule has 0 saturated carbocycles. The molecule has 1 unspecified atom stereocenters. The molecular weight excluding hydrogens is 210 g/mol. The van der Waals surface area contributed by atoms with Gasteiger partial charge in [-0.1, -0.05) is 13.8 Å². The van der Waals surface area contributed by atoms with Gasteiger partial charge in [0.2, 0.25) is 0 Å². The highest BCUT2D eigenvalue weighted by atomic mass is 15.2. The van der Waals surface area contributed by atoms with Gasteiger partial charge in [0.1, 0.15) is 5.82 Å². The van der Waals surface area contributed by atoms with E-state index in [1.807, 2.05) is 6.20 Å². The summed E-state index contributed by atoms with van der Waals surface area (Å²) in [5.74, 6) is 1.06. The zero-order valence-corrected chi connectivity index (χ0v) is 11.5. The minimum atomic E-state index is 0.395. The molecule has 1 atom stereocenters. The molecule has 1 rings (SSSR count). The molecule has 1 aromatic heterocycles. The molecule has 0 bridgehead atoms. The largest absolute Gasteiger partial charge is 0.360 e. The molecule has 3 heteroatoms. The fraction of sp³-hybridized carbons (Fsp3) is 0.643. The van der Waals surface area contributed by atoms with Crippen LogP contribution in [0.15, 0.2) is 18.3 Å². The molecule has 1 heterocycles. The fourth-order valence-electron chi connectivity index (χ4n) is 1.84. The second kappa shape index (κ2) is 7.28. The van der Waals surface area contributed by atoms with E-state index in [1.165, 1.54) is 5.56 Å². The topological polar surface area (TPSA) is 28.2 Å². The van der Waals surface area contributed by atoms with Gasteiger partial charge in [0, 0.05) is 25.8 Å². The first kappa shape index (κ1) is 14.0. The van der Waals surface area contributed by atoms with Crippen molar-refractivity contribution in [3.8, 4) is 0 Å². The molecule has 0 radical (unpaired) electrons. The Bertz CT molecular complexity index is 325. The lowest BCUT2D eigenvalue weighted by atomic mass is 10.1. The summed E-state index contributed by atoms with van der Waals surface area (Å²) in [6, 6.07) is 4.67. The Labute approximate surface area is 105 Å². The van der Waals surface area contributed by atoms with E-state index in [0.29, 0.717) is 6.04 Å². The number of nitrogens with zero attached hydrogens (tertiary/aromatic N) is 2. The van der Waals surface area contributed by atoms with Crippen molar-refractivity contribution >= 4 is 5.82 Å². The molecule has 0 aliphatic heterocycles. The van der Waals surface area contributed by atoms with Crippen LogP contribution in [0.1, 0.15) is 45.2 Å². The minimum Gasteiger partial charge on any atom is -0.360 e. The van der Waals surface area contributed by atoms with Crippen LogP contribution in [0.2, 0.25) is 0 Å². The van der Waals surface area contributed by atoms with Crippen molar-refractivity contribution in [3.63, 3.8) is 0 Å². The Morgan fingerprint density at radius 1 is 1.35 bits per heavy atom. The third-order valence-electron chi connectivity index (χ3n) is 2.92. The number of anilines is 1. The van der Waals surface area contributed by atoms with Crippen molar-refractivity contribution < 1.29 is 0 Å². The third kappa shape index (κ3) is 4.35. The van der Waals surface area contributed by atoms with Gasteiger partial charge in [-0.2, -0.15) is 0 Å². The normalized spacial score (nSPS) is 12.5. The van der Waals surface area contributed by atoms with Crippen LogP contribution in [0.4, 0.5) is 5.82 Å². The van der Waals surface area contributed by atoms with Gasteiger partial charge in [-0.25, -0.2) is 4.98 Å². The lowest BCUT2D eigenvalue weighted by molar-refractivity contribution is 0.570. The predicted molar refractivity (Wildman–Crippen MR) is 74.5 cm³/mol. The van der Waals surface area contributed by atoms with Gasteiger partial charge in [0.25, 0.3) is 0 Å². The first-order chi connectivity index (χ1) is 8.19. The predicted octanol–water partition coefficient (Wildman–Crippen LogP) is 2.99. The molecule has 0 fully saturated rings. The summed E-state index contributed by atoms with van der Waals surface area (Å²) in [4.78, 5) is 6.62. The molecule has 0 saturated heterocycles. The first-order valence-electron chi connectivity index (χ1n) is 6.59. The number of hydrogen-bond donors (Lipinski definition) is 1. The van der Waals surface area contributed by atoms with Crippen LogP contribution >= 0.6 is 0 Å². The molecule has 1 N–H and O–H groups in total. The van der Waals surface area contributed by atoms with Crippen LogP contribution in [0.25, 0.3) is 0 Å². The van der Waals surface area contributed by atoms with Crippen LogP contribution in [-0.2, 0) is 0 Å². The van der Waals surface area contributed by atoms with E-state index in [9.17, 15) is 0 Å². The molecular formula is C14H25N3. The third-order valence-corrected chi connectivity index (χ3v) is 2.92. The van der Waals surface area contributed by atoms with Crippen molar-refractivity contribution in [2.24, 2.45) is 0 Å². The fourth-order valence-corrected chi connectivity index (χ4v) is 1.84. The lowest BCUT2D eigenvalue weighted by Gasteiger charge is -2.20. The Morgan fingerprint density at radius 3 is 2.76 bits per heavy atom. The van der Waals surface area contributed by atoms with Gasteiger partial charge in [0.15, 0.2) is 0 Å². The van der Waals surface area contributed by atoms with E-state index in [2.05, 4.69) is 55.2 Å². The molecule has 0 aromatic carbocycles. The molecule has 0 aliphatic rings. The summed E-state index contributed by atoms with van der Waals surface area (Å²) in [5.41, 5.74) is 1.31. The molecule has 0 amide bonds. The standard InChI is InChI=1S/C14H25N3/c1-5-8-15-12(3)13-7-9-16-14(11-13)17(4)10-6-2/h7,9,11-12,15H,5-6,8,10H2,1-4H3. The van der Waals surface area contributed by atoms with E-state index in [4.69, 9.17) is 0 Å². The molecule has 0 spiro atoms. The quantitative estimate of drug-likeness (QED) is 0.787. The monoisotopic (exact) mass is 235 g/mol. The van der Waals surface area contributed by atoms with Crippen molar-refractivity contribution in [2.45, 2.75) is 39.7 Å². The van der Waals surface area contributed by atoms with Crippen LogP contribution in [0.5, 0.6) is 0 Å². The second-order valence-electron chi connectivity index (χ2n) is 4.54. The highest BCUT2D eigenvalue weighted by Gasteiger charge is 2.07. The molecule has 0 aliphatic carbocycles. The smallest absolute Gasteiger partial charge is 0.128 e. The number of hydrogen-bond acceptors (Lipinski definition) is 3.